The van der Waals surface area contributed by atoms with Gasteiger partial charge in [-0.3, -0.25) is 0 Å². The number of rotatable bonds is 12. The average Bonchev–Trinajstić information content (AvgIpc) is 2.60. The summed E-state index contributed by atoms with van der Waals surface area (Å²) in [4.78, 5) is 0. The van der Waals surface area contributed by atoms with Crippen LogP contribution in [0.25, 0.3) is 0 Å². The minimum Gasteiger partial charge on any atom is -0.198 e. The van der Waals surface area contributed by atoms with E-state index in [1.165, 1.54) is 31.2 Å². The molecule has 23 heavy (non-hydrogen) atoms. The van der Waals surface area contributed by atoms with Crippen LogP contribution in [0.5, 0.6) is 0 Å². The Hall–Kier alpha value is -1.80. The van der Waals surface area contributed by atoms with Gasteiger partial charge in [-0.05, 0) is 24.8 Å². The van der Waals surface area contributed by atoms with E-state index in [4.69, 9.17) is 5.26 Å². The summed E-state index contributed by atoms with van der Waals surface area (Å²) in [7, 11) is 0. The van der Waals surface area contributed by atoms with Crippen LogP contribution in [0.2, 0.25) is 0 Å². The van der Waals surface area contributed by atoms with Gasteiger partial charge < -0.3 is 0 Å². The van der Waals surface area contributed by atoms with Crippen molar-refractivity contribution in [1.82, 2.24) is 0 Å². The largest absolute Gasteiger partial charge is 0.198 e. The van der Waals surface area contributed by atoms with Gasteiger partial charge in [0.2, 0.25) is 0 Å². The molecule has 0 amide bonds. The Morgan fingerprint density at radius 1 is 0.826 bits per heavy atom. The van der Waals surface area contributed by atoms with Gasteiger partial charge in [0.15, 0.2) is 0 Å². The molecule has 0 radical (unpaired) electrons. The van der Waals surface area contributed by atoms with E-state index < -0.39 is 0 Å². The van der Waals surface area contributed by atoms with Crippen molar-refractivity contribution in [2.45, 2.75) is 83.0 Å². The van der Waals surface area contributed by atoms with Crippen LogP contribution in [0.4, 0.5) is 0 Å². The van der Waals surface area contributed by atoms with Gasteiger partial charge in [0, 0.05) is 6.42 Å². The van der Waals surface area contributed by atoms with Crippen LogP contribution in [0, 0.1) is 22.7 Å². The van der Waals surface area contributed by atoms with Crippen LogP contribution in [0.15, 0.2) is 30.3 Å². The zero-order chi connectivity index (χ0) is 16.8. The van der Waals surface area contributed by atoms with Crippen molar-refractivity contribution in [3.05, 3.63) is 35.9 Å². The maximum absolute atomic E-state index is 9.93. The molecule has 2 heteroatoms. The SMILES string of the molecule is CCCCCCCC(C#N)(CCCCCC#N)c1ccccc1. The summed E-state index contributed by atoms with van der Waals surface area (Å²) in [5, 5.41) is 18.6. The summed E-state index contributed by atoms with van der Waals surface area (Å²) in [6.07, 6.45) is 11.7. The van der Waals surface area contributed by atoms with Crippen molar-refractivity contribution in [2.75, 3.05) is 0 Å². The van der Waals surface area contributed by atoms with E-state index in [-0.39, 0.29) is 5.41 Å². The Kier molecular flexibility index (Phi) is 9.81. The fraction of sp³-hybridized carbons (Fsp3) is 0.619. The maximum Gasteiger partial charge on any atom is 0.0822 e. The maximum atomic E-state index is 9.93. The molecule has 0 saturated carbocycles. The molecule has 1 unspecified atom stereocenters. The topological polar surface area (TPSA) is 47.6 Å². The van der Waals surface area contributed by atoms with Crippen molar-refractivity contribution in [3.63, 3.8) is 0 Å². The lowest BCUT2D eigenvalue weighted by atomic mass is 9.73. The minimum atomic E-state index is -0.347. The van der Waals surface area contributed by atoms with Gasteiger partial charge >= 0.3 is 0 Å². The summed E-state index contributed by atoms with van der Waals surface area (Å²) in [5.74, 6) is 0. The summed E-state index contributed by atoms with van der Waals surface area (Å²) in [6.45, 7) is 2.23. The highest BCUT2D eigenvalue weighted by Crippen LogP contribution is 2.35. The molecular formula is C21H30N2. The van der Waals surface area contributed by atoms with E-state index in [1.807, 2.05) is 18.2 Å². The molecule has 124 valence electrons. The fourth-order valence-corrected chi connectivity index (χ4v) is 3.19. The zero-order valence-electron chi connectivity index (χ0n) is 14.6. The monoisotopic (exact) mass is 310 g/mol. The summed E-state index contributed by atoms with van der Waals surface area (Å²) in [6, 6.07) is 15.1. The Morgan fingerprint density at radius 2 is 1.43 bits per heavy atom. The Bertz CT molecular complexity index is 495. The highest BCUT2D eigenvalue weighted by Gasteiger charge is 2.30. The van der Waals surface area contributed by atoms with E-state index in [9.17, 15) is 5.26 Å². The molecule has 0 aromatic heterocycles. The summed E-state index contributed by atoms with van der Waals surface area (Å²) < 4.78 is 0. The van der Waals surface area contributed by atoms with Crippen molar-refractivity contribution in [1.29, 1.82) is 10.5 Å². The quantitative estimate of drug-likeness (QED) is 0.426. The second-order valence-electron chi connectivity index (χ2n) is 6.44. The first-order valence-corrected chi connectivity index (χ1v) is 9.13. The van der Waals surface area contributed by atoms with Crippen molar-refractivity contribution in [2.24, 2.45) is 0 Å². The first-order chi connectivity index (χ1) is 11.3. The van der Waals surface area contributed by atoms with Crippen LogP contribution in [0.1, 0.15) is 83.1 Å². The minimum absolute atomic E-state index is 0.347. The summed E-state index contributed by atoms with van der Waals surface area (Å²) >= 11 is 0. The van der Waals surface area contributed by atoms with E-state index in [0.29, 0.717) is 6.42 Å². The normalized spacial score (nSPS) is 13.0. The van der Waals surface area contributed by atoms with Crippen molar-refractivity contribution < 1.29 is 0 Å². The predicted molar refractivity (Wildman–Crippen MR) is 95.8 cm³/mol. The molecule has 1 rings (SSSR count). The van der Waals surface area contributed by atoms with Gasteiger partial charge in [0.05, 0.1) is 17.6 Å². The van der Waals surface area contributed by atoms with E-state index in [0.717, 1.165) is 38.5 Å². The zero-order valence-corrected chi connectivity index (χ0v) is 14.6. The molecule has 0 bridgehead atoms. The highest BCUT2D eigenvalue weighted by molar-refractivity contribution is 5.32. The standard InChI is InChI=1S/C21H30N2/c1-2-3-4-5-11-16-21(19-23,17-12-6-7-13-18-22)20-14-9-8-10-15-20/h8-10,14-15H,2-7,11-13,16-17H2,1H3. The molecule has 0 spiro atoms. The molecule has 2 nitrogen and oxygen atoms in total. The lowest BCUT2D eigenvalue weighted by Crippen LogP contribution is -2.24. The Labute approximate surface area is 142 Å². The van der Waals surface area contributed by atoms with E-state index >= 15 is 0 Å². The number of benzene rings is 1. The molecule has 0 fully saturated rings. The van der Waals surface area contributed by atoms with Crippen molar-refractivity contribution in [3.8, 4) is 12.1 Å². The lowest BCUT2D eigenvalue weighted by Gasteiger charge is -2.27. The van der Waals surface area contributed by atoms with E-state index in [1.54, 1.807) is 0 Å². The molecule has 1 aromatic carbocycles. The average molecular weight is 310 g/mol. The third-order valence-corrected chi connectivity index (χ3v) is 4.64. The van der Waals surface area contributed by atoms with Gasteiger partial charge in [-0.1, -0.05) is 82.2 Å². The number of nitrogens with zero attached hydrogens (tertiary/aromatic N) is 2. The smallest absolute Gasteiger partial charge is 0.0822 e. The Balaban J connectivity index is 2.66. The number of hydrogen-bond donors (Lipinski definition) is 0. The second-order valence-corrected chi connectivity index (χ2v) is 6.44. The predicted octanol–water partition coefficient (Wildman–Crippen LogP) is 6.28. The van der Waals surface area contributed by atoms with Gasteiger partial charge in [0.1, 0.15) is 0 Å². The van der Waals surface area contributed by atoms with Gasteiger partial charge in [0.25, 0.3) is 0 Å². The molecule has 0 aliphatic rings. The van der Waals surface area contributed by atoms with Crippen LogP contribution in [-0.4, -0.2) is 0 Å². The van der Waals surface area contributed by atoms with Gasteiger partial charge in [-0.25, -0.2) is 0 Å². The van der Waals surface area contributed by atoms with Crippen LogP contribution < -0.4 is 0 Å². The van der Waals surface area contributed by atoms with Gasteiger partial charge in [-0.2, -0.15) is 10.5 Å². The number of hydrogen-bond acceptors (Lipinski definition) is 2. The van der Waals surface area contributed by atoms with Crippen LogP contribution >= 0.6 is 0 Å². The van der Waals surface area contributed by atoms with E-state index in [2.05, 4.69) is 31.2 Å². The highest BCUT2D eigenvalue weighted by atomic mass is 14.4. The molecule has 1 aromatic rings. The molecule has 0 aliphatic carbocycles. The molecule has 0 aliphatic heterocycles. The first kappa shape index (κ1) is 19.2. The fourth-order valence-electron chi connectivity index (χ4n) is 3.19. The van der Waals surface area contributed by atoms with Gasteiger partial charge in [-0.15, -0.1) is 0 Å². The third-order valence-electron chi connectivity index (χ3n) is 4.64. The number of nitriles is 2. The molecular weight excluding hydrogens is 280 g/mol. The molecule has 1 atom stereocenters. The van der Waals surface area contributed by atoms with Crippen LogP contribution in [-0.2, 0) is 5.41 Å². The molecule has 0 saturated heterocycles. The van der Waals surface area contributed by atoms with Crippen LogP contribution in [0.3, 0.4) is 0 Å². The third kappa shape index (κ3) is 6.87. The lowest BCUT2D eigenvalue weighted by molar-refractivity contribution is 0.415. The molecule has 0 heterocycles. The molecule has 0 N–H and O–H groups in total. The first-order valence-electron chi connectivity index (χ1n) is 9.13. The van der Waals surface area contributed by atoms with Crippen molar-refractivity contribution >= 4 is 0 Å². The second kappa shape index (κ2) is 11.7. The number of unbranched alkanes of at least 4 members (excludes halogenated alkanes) is 7. The summed E-state index contributed by atoms with van der Waals surface area (Å²) in [5.41, 5.74) is 0.818. The Morgan fingerprint density at radius 3 is 2.00 bits per heavy atom.